The number of nitrogens with two attached hydrogens (primary N) is 1. The quantitative estimate of drug-likeness (QED) is 0.903. The molecule has 2 N–H and O–H groups in total. The maximum Gasteiger partial charge on any atom is 0.0466 e. The van der Waals surface area contributed by atoms with Crippen LogP contribution in [-0.2, 0) is 0 Å². The van der Waals surface area contributed by atoms with E-state index in [0.717, 1.165) is 35.8 Å². The third-order valence-electron chi connectivity index (χ3n) is 4.11. The molecule has 3 nitrogen and oxygen atoms in total. The van der Waals surface area contributed by atoms with E-state index in [1.54, 1.807) is 0 Å². The number of hydrogen-bond donors (Lipinski definition) is 1. The fourth-order valence-corrected chi connectivity index (χ4v) is 2.92. The lowest BCUT2D eigenvalue weighted by Gasteiger charge is -2.32. The van der Waals surface area contributed by atoms with Crippen LogP contribution in [0.1, 0.15) is 23.6 Å². The van der Waals surface area contributed by atoms with Crippen molar-refractivity contribution in [1.29, 1.82) is 0 Å². The van der Waals surface area contributed by atoms with Crippen molar-refractivity contribution >= 4 is 11.6 Å². The molecule has 0 saturated carbocycles. The number of hydrogen-bond acceptors (Lipinski definition) is 3. The first-order valence-electron chi connectivity index (χ1n) is 6.89. The third kappa shape index (κ3) is 3.48. The number of aryl methyl sites for hydroxylation is 1. The fourth-order valence-electron chi connectivity index (χ4n) is 2.73. The molecule has 1 heterocycles. The number of halogens is 1. The predicted octanol–water partition coefficient (Wildman–Crippen LogP) is 2.28. The summed E-state index contributed by atoms with van der Waals surface area (Å²) in [6.45, 7) is 5.26. The first-order valence-corrected chi connectivity index (χ1v) is 7.27. The van der Waals surface area contributed by atoms with Crippen molar-refractivity contribution in [1.82, 2.24) is 9.80 Å². The Kier molecular flexibility index (Phi) is 4.85. The standard InChI is InChI=1S/C15H24ClN3/c1-11-5-6-12(9-13(11)16)15(17)14-10-18(2)7-4-8-19(14)3/h5-6,9,14-15H,4,7-8,10,17H2,1-3H3. The summed E-state index contributed by atoms with van der Waals surface area (Å²) in [4.78, 5) is 4.74. The Balaban J connectivity index is 2.20. The molecule has 0 aliphatic carbocycles. The zero-order valence-corrected chi connectivity index (χ0v) is 12.8. The lowest BCUT2D eigenvalue weighted by atomic mass is 9.98. The van der Waals surface area contributed by atoms with Gasteiger partial charge in [-0.25, -0.2) is 0 Å². The van der Waals surface area contributed by atoms with Gasteiger partial charge in [-0.15, -0.1) is 0 Å². The molecule has 2 atom stereocenters. The van der Waals surface area contributed by atoms with Crippen molar-refractivity contribution < 1.29 is 0 Å². The zero-order chi connectivity index (χ0) is 14.0. The highest BCUT2D eigenvalue weighted by atomic mass is 35.5. The second-order valence-corrected chi connectivity index (χ2v) is 6.11. The minimum Gasteiger partial charge on any atom is -0.323 e. The minimum atomic E-state index is 0.00338. The van der Waals surface area contributed by atoms with Crippen molar-refractivity contribution in [2.24, 2.45) is 5.73 Å². The second-order valence-electron chi connectivity index (χ2n) is 5.70. The smallest absolute Gasteiger partial charge is 0.0466 e. The molecule has 19 heavy (non-hydrogen) atoms. The molecular formula is C15H24ClN3. The molecule has 0 bridgehead atoms. The molecule has 2 unspecified atom stereocenters. The summed E-state index contributed by atoms with van der Waals surface area (Å²) in [5.74, 6) is 0. The molecule has 1 aromatic rings. The van der Waals surface area contributed by atoms with Gasteiger partial charge in [0.2, 0.25) is 0 Å². The van der Waals surface area contributed by atoms with Crippen molar-refractivity contribution in [3.05, 3.63) is 34.3 Å². The van der Waals surface area contributed by atoms with Gasteiger partial charge in [0.15, 0.2) is 0 Å². The van der Waals surface area contributed by atoms with Crippen LogP contribution < -0.4 is 5.73 Å². The second kappa shape index (κ2) is 6.23. The minimum absolute atomic E-state index is 0.00338. The van der Waals surface area contributed by atoms with Gasteiger partial charge in [0, 0.05) is 23.7 Å². The van der Waals surface area contributed by atoms with Crippen molar-refractivity contribution in [3.8, 4) is 0 Å². The van der Waals surface area contributed by atoms with E-state index in [0.29, 0.717) is 6.04 Å². The van der Waals surface area contributed by atoms with E-state index < -0.39 is 0 Å². The summed E-state index contributed by atoms with van der Waals surface area (Å²) in [6, 6.07) is 6.51. The molecule has 1 aromatic carbocycles. The molecule has 0 amide bonds. The van der Waals surface area contributed by atoms with Gasteiger partial charge in [-0.05, 0) is 57.7 Å². The van der Waals surface area contributed by atoms with Crippen LogP contribution >= 0.6 is 11.6 Å². The van der Waals surface area contributed by atoms with E-state index in [9.17, 15) is 0 Å². The van der Waals surface area contributed by atoms with Gasteiger partial charge >= 0.3 is 0 Å². The number of benzene rings is 1. The van der Waals surface area contributed by atoms with Crippen LogP contribution in [0.15, 0.2) is 18.2 Å². The Morgan fingerprint density at radius 3 is 2.74 bits per heavy atom. The summed E-state index contributed by atoms with van der Waals surface area (Å²) in [7, 11) is 4.33. The lowest BCUT2D eigenvalue weighted by molar-refractivity contribution is 0.196. The summed E-state index contributed by atoms with van der Waals surface area (Å²) >= 11 is 6.21. The van der Waals surface area contributed by atoms with E-state index >= 15 is 0 Å². The highest BCUT2D eigenvalue weighted by Crippen LogP contribution is 2.25. The van der Waals surface area contributed by atoms with Crippen LogP contribution in [-0.4, -0.2) is 49.6 Å². The third-order valence-corrected chi connectivity index (χ3v) is 4.52. The van der Waals surface area contributed by atoms with Gasteiger partial charge in [-0.1, -0.05) is 23.7 Å². The Morgan fingerprint density at radius 1 is 1.32 bits per heavy atom. The van der Waals surface area contributed by atoms with E-state index in [1.165, 1.54) is 6.42 Å². The van der Waals surface area contributed by atoms with Crippen LogP contribution in [0.3, 0.4) is 0 Å². The maximum absolute atomic E-state index is 6.48. The molecule has 1 aliphatic rings. The number of nitrogens with zero attached hydrogens (tertiary/aromatic N) is 2. The van der Waals surface area contributed by atoms with Crippen LogP contribution in [0.25, 0.3) is 0 Å². The topological polar surface area (TPSA) is 32.5 Å². The molecular weight excluding hydrogens is 258 g/mol. The zero-order valence-electron chi connectivity index (χ0n) is 12.1. The van der Waals surface area contributed by atoms with E-state index in [2.05, 4.69) is 36.0 Å². The highest BCUT2D eigenvalue weighted by molar-refractivity contribution is 6.31. The van der Waals surface area contributed by atoms with Crippen molar-refractivity contribution in [2.45, 2.75) is 25.4 Å². The lowest BCUT2D eigenvalue weighted by Crippen LogP contribution is -2.45. The molecule has 1 fully saturated rings. The molecule has 2 rings (SSSR count). The van der Waals surface area contributed by atoms with Crippen molar-refractivity contribution in [3.63, 3.8) is 0 Å². The Morgan fingerprint density at radius 2 is 2.05 bits per heavy atom. The van der Waals surface area contributed by atoms with Gasteiger partial charge in [0.05, 0.1) is 0 Å². The van der Waals surface area contributed by atoms with Gasteiger partial charge in [0.25, 0.3) is 0 Å². The largest absolute Gasteiger partial charge is 0.323 e. The number of rotatable bonds is 2. The van der Waals surface area contributed by atoms with Crippen molar-refractivity contribution in [2.75, 3.05) is 33.7 Å². The summed E-state index contributed by atoms with van der Waals surface area (Å²) in [5.41, 5.74) is 8.71. The van der Waals surface area contributed by atoms with E-state index in [1.807, 2.05) is 13.0 Å². The van der Waals surface area contributed by atoms with Gasteiger partial charge in [-0.3, -0.25) is 0 Å². The Bertz CT molecular complexity index is 435. The summed E-state index contributed by atoms with van der Waals surface area (Å²) in [5, 5.41) is 0.803. The Hall–Kier alpha value is -0.610. The monoisotopic (exact) mass is 281 g/mol. The summed E-state index contributed by atoms with van der Waals surface area (Å²) < 4.78 is 0. The van der Waals surface area contributed by atoms with Crippen LogP contribution in [0.5, 0.6) is 0 Å². The average molecular weight is 282 g/mol. The molecule has 0 radical (unpaired) electrons. The molecule has 0 spiro atoms. The van der Waals surface area contributed by atoms with Crippen LogP contribution in [0, 0.1) is 6.92 Å². The van der Waals surface area contributed by atoms with Crippen LogP contribution in [0.2, 0.25) is 5.02 Å². The highest BCUT2D eigenvalue weighted by Gasteiger charge is 2.27. The SMILES string of the molecule is Cc1ccc(C(N)C2CN(C)CCCN2C)cc1Cl. The van der Waals surface area contributed by atoms with Crippen LogP contribution in [0.4, 0.5) is 0 Å². The van der Waals surface area contributed by atoms with E-state index in [4.69, 9.17) is 17.3 Å². The molecule has 106 valence electrons. The molecule has 0 aromatic heterocycles. The molecule has 1 aliphatic heterocycles. The van der Waals surface area contributed by atoms with Gasteiger partial charge in [-0.2, -0.15) is 0 Å². The molecule has 4 heteroatoms. The Labute approximate surface area is 121 Å². The number of likely N-dealkylation sites (N-methyl/N-ethyl adjacent to an activating group) is 2. The first-order chi connectivity index (χ1) is 8.99. The fraction of sp³-hybridized carbons (Fsp3) is 0.600. The van der Waals surface area contributed by atoms with E-state index in [-0.39, 0.29) is 6.04 Å². The average Bonchev–Trinajstić information content (AvgIpc) is 2.54. The van der Waals surface area contributed by atoms with Gasteiger partial charge < -0.3 is 15.5 Å². The predicted molar refractivity (Wildman–Crippen MR) is 81.6 cm³/mol. The molecule has 1 saturated heterocycles. The van der Waals surface area contributed by atoms with Gasteiger partial charge in [0.1, 0.15) is 0 Å². The normalized spacial score (nSPS) is 24.2. The maximum atomic E-state index is 6.48. The first kappa shape index (κ1) is 14.8. The summed E-state index contributed by atoms with van der Waals surface area (Å²) in [6.07, 6.45) is 1.20.